The number of hydrogen-bond acceptors (Lipinski definition) is 5. The summed E-state index contributed by atoms with van der Waals surface area (Å²) in [7, 11) is 2.99. The molecule has 0 fully saturated rings. The van der Waals surface area contributed by atoms with Crippen LogP contribution in [-0.4, -0.2) is 44.3 Å². The Labute approximate surface area is 190 Å². The smallest absolute Gasteiger partial charge is 0.330 e. The molecule has 172 valence electrons. The molecular weight excluding hydrogens is 407 g/mol. The van der Waals surface area contributed by atoms with Crippen molar-refractivity contribution in [3.63, 3.8) is 0 Å². The molecule has 0 aliphatic carbocycles. The summed E-state index contributed by atoms with van der Waals surface area (Å²) in [5.74, 6) is 0.224. The Morgan fingerprint density at radius 2 is 2.00 bits per heavy atom. The molecule has 1 aliphatic heterocycles. The first-order valence-electron chi connectivity index (χ1n) is 10.9. The van der Waals surface area contributed by atoms with Crippen molar-refractivity contribution in [2.24, 2.45) is 5.92 Å². The van der Waals surface area contributed by atoms with Crippen LogP contribution in [-0.2, 0) is 16.0 Å². The molecular formula is C26H33FN2O3. The monoisotopic (exact) mass is 440 g/mol. The fourth-order valence-corrected chi connectivity index (χ4v) is 4.50. The van der Waals surface area contributed by atoms with Crippen LogP contribution in [0.2, 0.25) is 0 Å². The quantitative estimate of drug-likeness (QED) is 0.384. The highest BCUT2D eigenvalue weighted by atomic mass is 19.1. The maximum absolute atomic E-state index is 13.5. The molecule has 2 aromatic carbocycles. The molecule has 6 heteroatoms. The van der Waals surface area contributed by atoms with Crippen LogP contribution in [0.15, 0.2) is 36.4 Å². The van der Waals surface area contributed by atoms with Crippen molar-refractivity contribution in [1.29, 1.82) is 0 Å². The van der Waals surface area contributed by atoms with Gasteiger partial charge in [0.05, 0.1) is 26.9 Å². The number of carbonyl (C=O) groups excluding carboxylic acids is 1. The van der Waals surface area contributed by atoms with Crippen LogP contribution in [0.5, 0.6) is 5.75 Å². The molecule has 3 rings (SSSR count). The van der Waals surface area contributed by atoms with Gasteiger partial charge in [0, 0.05) is 29.9 Å². The predicted molar refractivity (Wildman–Crippen MR) is 126 cm³/mol. The zero-order chi connectivity index (χ0) is 23.4. The van der Waals surface area contributed by atoms with Gasteiger partial charge in [-0.1, -0.05) is 25.1 Å². The largest absolute Gasteiger partial charge is 0.496 e. The summed E-state index contributed by atoms with van der Waals surface area (Å²) in [5.41, 5.74) is 12.4. The van der Waals surface area contributed by atoms with Crippen LogP contribution in [0.25, 0.3) is 6.08 Å². The van der Waals surface area contributed by atoms with Crippen molar-refractivity contribution < 1.29 is 18.7 Å². The Balaban J connectivity index is 2.13. The number of alkyl halides is 1. The number of rotatable bonds is 7. The van der Waals surface area contributed by atoms with Gasteiger partial charge in [-0.15, -0.1) is 0 Å². The molecule has 1 aliphatic rings. The van der Waals surface area contributed by atoms with Crippen molar-refractivity contribution in [2.45, 2.75) is 39.3 Å². The Bertz CT molecular complexity index is 1000. The van der Waals surface area contributed by atoms with Crippen LogP contribution in [0.3, 0.4) is 0 Å². The molecule has 0 saturated carbocycles. The van der Waals surface area contributed by atoms with E-state index >= 15 is 0 Å². The molecule has 0 bridgehead atoms. The minimum absolute atomic E-state index is 0.0790. The summed E-state index contributed by atoms with van der Waals surface area (Å²) in [6, 6.07) is 10.1. The van der Waals surface area contributed by atoms with Crippen LogP contribution >= 0.6 is 0 Å². The third kappa shape index (κ3) is 4.80. The van der Waals surface area contributed by atoms with Crippen molar-refractivity contribution >= 4 is 17.7 Å². The lowest BCUT2D eigenvalue weighted by atomic mass is 9.81. The number of nitrogens with two attached hydrogens (primary N) is 1. The zero-order valence-corrected chi connectivity index (χ0v) is 19.5. The molecule has 0 amide bonds. The van der Waals surface area contributed by atoms with Gasteiger partial charge in [0.15, 0.2) is 0 Å². The predicted octanol–water partition coefficient (Wildman–Crippen LogP) is 4.71. The van der Waals surface area contributed by atoms with E-state index in [4.69, 9.17) is 10.5 Å². The fraction of sp³-hybridized carbons (Fsp3) is 0.423. The molecule has 32 heavy (non-hydrogen) atoms. The van der Waals surface area contributed by atoms with Gasteiger partial charge in [0.25, 0.3) is 0 Å². The summed E-state index contributed by atoms with van der Waals surface area (Å²) in [4.78, 5) is 13.8. The minimum atomic E-state index is -0.414. The maximum Gasteiger partial charge on any atom is 0.330 e. The van der Waals surface area contributed by atoms with Crippen LogP contribution in [0.1, 0.15) is 47.7 Å². The van der Waals surface area contributed by atoms with E-state index in [2.05, 4.69) is 29.6 Å². The van der Waals surface area contributed by atoms with Gasteiger partial charge in [-0.25, -0.2) is 4.79 Å². The number of hydrogen-bond donors (Lipinski definition) is 1. The lowest BCUT2D eigenvalue weighted by Gasteiger charge is -2.44. The summed E-state index contributed by atoms with van der Waals surface area (Å²) in [6.07, 6.45) is 3.95. The molecule has 2 aromatic rings. The van der Waals surface area contributed by atoms with Crippen LogP contribution < -0.4 is 10.5 Å². The molecule has 1 heterocycles. The highest BCUT2D eigenvalue weighted by Gasteiger charge is 2.36. The van der Waals surface area contributed by atoms with E-state index in [9.17, 15) is 9.18 Å². The summed E-state index contributed by atoms with van der Waals surface area (Å²) in [6.45, 7) is 6.46. The van der Waals surface area contributed by atoms with E-state index < -0.39 is 5.97 Å². The molecule has 2 N–H and O–H groups in total. The Morgan fingerprint density at radius 3 is 2.66 bits per heavy atom. The van der Waals surface area contributed by atoms with Gasteiger partial charge in [-0.3, -0.25) is 9.29 Å². The summed E-state index contributed by atoms with van der Waals surface area (Å²) < 4.78 is 23.9. The summed E-state index contributed by atoms with van der Waals surface area (Å²) >= 11 is 0. The van der Waals surface area contributed by atoms with E-state index in [1.807, 2.05) is 31.2 Å². The van der Waals surface area contributed by atoms with E-state index in [-0.39, 0.29) is 24.7 Å². The second-order valence-corrected chi connectivity index (χ2v) is 8.62. The Kier molecular flexibility index (Phi) is 7.56. The first-order valence-corrected chi connectivity index (χ1v) is 10.9. The van der Waals surface area contributed by atoms with Gasteiger partial charge < -0.3 is 15.2 Å². The van der Waals surface area contributed by atoms with Crippen LogP contribution in [0.4, 0.5) is 10.1 Å². The zero-order valence-electron chi connectivity index (χ0n) is 19.5. The number of methoxy groups -OCH3 is 2. The first kappa shape index (κ1) is 23.8. The molecule has 0 spiro atoms. The Hall–Kier alpha value is -2.86. The molecule has 0 aromatic heterocycles. The highest BCUT2D eigenvalue weighted by Crippen LogP contribution is 2.43. The van der Waals surface area contributed by atoms with E-state index in [0.717, 1.165) is 34.5 Å². The standard InChI is InChI=1S/C26H33FN2O3/c1-16(14-27)15-29-17(2)12-22-18(3)23(28)10-9-20(22)26(29)21-8-6-19(13-24(21)31-4)7-11-25(30)32-5/h6-11,13,16-17,26H,12,14-15,28H2,1-5H3/b11-7+/t16?,17-,26?/m1/s1. The Morgan fingerprint density at radius 1 is 1.28 bits per heavy atom. The second kappa shape index (κ2) is 10.2. The maximum atomic E-state index is 13.5. The van der Waals surface area contributed by atoms with E-state index in [1.54, 1.807) is 13.2 Å². The normalized spacial score (nSPS) is 19.6. The third-order valence-electron chi connectivity index (χ3n) is 6.32. The number of ether oxygens (including phenoxy) is 2. The fourth-order valence-electron chi connectivity index (χ4n) is 4.50. The third-order valence-corrected chi connectivity index (χ3v) is 6.32. The van der Waals surface area contributed by atoms with Gasteiger partial charge in [-0.05, 0) is 66.6 Å². The van der Waals surface area contributed by atoms with Gasteiger partial charge in [-0.2, -0.15) is 0 Å². The van der Waals surface area contributed by atoms with E-state index in [1.165, 1.54) is 24.3 Å². The lowest BCUT2D eigenvalue weighted by molar-refractivity contribution is -0.134. The number of nitrogens with zero attached hydrogens (tertiary/aromatic N) is 1. The van der Waals surface area contributed by atoms with Gasteiger partial charge in [0.2, 0.25) is 0 Å². The van der Waals surface area contributed by atoms with Crippen molar-refractivity contribution in [1.82, 2.24) is 4.90 Å². The topological polar surface area (TPSA) is 64.8 Å². The van der Waals surface area contributed by atoms with Crippen LogP contribution in [0, 0.1) is 12.8 Å². The second-order valence-electron chi connectivity index (χ2n) is 8.62. The summed E-state index contributed by atoms with van der Waals surface area (Å²) in [5, 5.41) is 0. The first-order chi connectivity index (χ1) is 15.3. The molecule has 0 saturated heterocycles. The van der Waals surface area contributed by atoms with E-state index in [0.29, 0.717) is 6.54 Å². The van der Waals surface area contributed by atoms with Gasteiger partial charge in [0.1, 0.15) is 5.75 Å². The van der Waals surface area contributed by atoms with Gasteiger partial charge >= 0.3 is 5.97 Å². The minimum Gasteiger partial charge on any atom is -0.496 e. The number of nitrogen functional groups attached to an aromatic ring is 1. The van der Waals surface area contributed by atoms with Crippen molar-refractivity contribution in [2.75, 3.05) is 33.2 Å². The SMILES string of the molecule is COC(=O)/C=C/c1ccc(C2c3ccc(N)c(C)c3C[C@@H](C)N2CC(C)CF)c(OC)c1. The number of benzene rings is 2. The van der Waals surface area contributed by atoms with Crippen molar-refractivity contribution in [3.05, 3.63) is 64.2 Å². The average molecular weight is 441 g/mol. The molecule has 5 nitrogen and oxygen atoms in total. The number of halogens is 1. The molecule has 0 radical (unpaired) electrons. The van der Waals surface area contributed by atoms with Crippen molar-refractivity contribution in [3.8, 4) is 5.75 Å². The molecule has 3 atom stereocenters. The number of carbonyl (C=O) groups is 1. The number of anilines is 1. The molecule has 2 unspecified atom stereocenters. The highest BCUT2D eigenvalue weighted by molar-refractivity contribution is 5.87. The average Bonchev–Trinajstić information content (AvgIpc) is 2.80. The number of fused-ring (bicyclic) bond motifs is 1. The number of esters is 1. The lowest BCUT2D eigenvalue weighted by Crippen LogP contribution is -2.45.